The molecule has 0 aliphatic carbocycles. The molecule has 0 aliphatic heterocycles. The van der Waals surface area contributed by atoms with Crippen LogP contribution in [0.15, 0.2) is 24.3 Å². The first-order valence-electron chi connectivity index (χ1n) is 8.11. The van der Waals surface area contributed by atoms with Gasteiger partial charge in [-0.25, -0.2) is 0 Å². The molecular weight excluding hydrogens is 292 g/mol. The quantitative estimate of drug-likeness (QED) is 0.801. The lowest BCUT2D eigenvalue weighted by Gasteiger charge is -2.29. The summed E-state index contributed by atoms with van der Waals surface area (Å²) in [5.41, 5.74) is 0.972. The lowest BCUT2D eigenvalue weighted by molar-refractivity contribution is -0.140. The molecule has 1 rings (SSSR count). The van der Waals surface area contributed by atoms with Gasteiger partial charge in [-0.05, 0) is 44.9 Å². The normalized spacial score (nSPS) is 11.9. The minimum absolute atomic E-state index is 0.00489. The summed E-state index contributed by atoms with van der Waals surface area (Å²) in [6.45, 7) is 7.96. The lowest BCUT2D eigenvalue weighted by Crippen LogP contribution is -2.49. The summed E-state index contributed by atoms with van der Waals surface area (Å²) >= 11 is 0. The van der Waals surface area contributed by atoms with Gasteiger partial charge in [0, 0.05) is 19.0 Å². The minimum Gasteiger partial charge on any atom is -0.497 e. The van der Waals surface area contributed by atoms with E-state index in [2.05, 4.69) is 5.32 Å². The average molecular weight is 320 g/mol. The molecule has 0 radical (unpaired) electrons. The summed E-state index contributed by atoms with van der Waals surface area (Å²) in [6, 6.07) is 7.09. The first kappa shape index (κ1) is 19.0. The molecule has 1 aromatic rings. The van der Waals surface area contributed by atoms with Crippen LogP contribution in [0.5, 0.6) is 5.75 Å². The van der Waals surface area contributed by atoms with E-state index in [0.717, 1.165) is 17.7 Å². The Kier molecular flexibility index (Phi) is 7.59. The van der Waals surface area contributed by atoms with Crippen molar-refractivity contribution < 1.29 is 14.3 Å². The Bertz CT molecular complexity index is 512. The van der Waals surface area contributed by atoms with Gasteiger partial charge in [-0.3, -0.25) is 9.59 Å². The van der Waals surface area contributed by atoms with Gasteiger partial charge in [0.15, 0.2) is 0 Å². The van der Waals surface area contributed by atoms with Crippen LogP contribution in [0.4, 0.5) is 0 Å². The summed E-state index contributed by atoms with van der Waals surface area (Å²) in [4.78, 5) is 26.3. The van der Waals surface area contributed by atoms with Crippen LogP contribution < -0.4 is 10.1 Å². The van der Waals surface area contributed by atoms with E-state index in [0.29, 0.717) is 13.0 Å². The molecule has 23 heavy (non-hydrogen) atoms. The first-order chi connectivity index (χ1) is 10.9. The van der Waals surface area contributed by atoms with Crippen LogP contribution >= 0.6 is 0 Å². The molecule has 1 N–H and O–H groups in total. The first-order valence-corrected chi connectivity index (χ1v) is 8.11. The number of carbonyl (C=O) groups is 2. The molecule has 0 aliphatic rings. The molecule has 1 atom stereocenters. The van der Waals surface area contributed by atoms with E-state index in [1.54, 1.807) is 18.9 Å². The molecule has 0 spiro atoms. The number of hydrogen-bond donors (Lipinski definition) is 1. The van der Waals surface area contributed by atoms with Crippen LogP contribution in [-0.2, 0) is 16.1 Å². The monoisotopic (exact) mass is 320 g/mol. The molecule has 0 saturated carbocycles. The number of hydrogen-bond acceptors (Lipinski definition) is 3. The predicted molar refractivity (Wildman–Crippen MR) is 91.2 cm³/mol. The molecule has 128 valence electrons. The number of methoxy groups -OCH3 is 1. The number of amides is 2. The zero-order valence-electron chi connectivity index (χ0n) is 14.8. The van der Waals surface area contributed by atoms with E-state index < -0.39 is 6.04 Å². The number of nitrogens with one attached hydrogen (secondary N) is 1. The number of carbonyl (C=O) groups excluding carboxylic acids is 2. The van der Waals surface area contributed by atoms with Gasteiger partial charge in [0.1, 0.15) is 11.8 Å². The largest absolute Gasteiger partial charge is 0.497 e. The molecule has 0 heterocycles. The second-order valence-electron chi connectivity index (χ2n) is 5.96. The Labute approximate surface area is 139 Å². The highest BCUT2D eigenvalue weighted by atomic mass is 16.5. The fourth-order valence-corrected chi connectivity index (χ4v) is 2.27. The molecule has 0 aromatic heterocycles. The summed E-state index contributed by atoms with van der Waals surface area (Å²) in [5, 5.41) is 2.87. The third-order valence-corrected chi connectivity index (χ3v) is 3.57. The van der Waals surface area contributed by atoms with Crippen LogP contribution in [0.25, 0.3) is 0 Å². The number of nitrogens with zero attached hydrogens (tertiary/aromatic N) is 1. The van der Waals surface area contributed by atoms with Gasteiger partial charge in [-0.2, -0.15) is 0 Å². The highest BCUT2D eigenvalue weighted by Gasteiger charge is 2.25. The second kappa shape index (κ2) is 9.18. The van der Waals surface area contributed by atoms with E-state index in [9.17, 15) is 9.59 Å². The zero-order chi connectivity index (χ0) is 17.4. The Morgan fingerprint density at radius 2 is 1.78 bits per heavy atom. The van der Waals surface area contributed by atoms with E-state index >= 15 is 0 Å². The summed E-state index contributed by atoms with van der Waals surface area (Å²) in [6.07, 6.45) is 1.20. The van der Waals surface area contributed by atoms with Gasteiger partial charge in [-0.1, -0.05) is 19.1 Å². The molecule has 5 nitrogen and oxygen atoms in total. The smallest absolute Gasteiger partial charge is 0.242 e. The molecule has 5 heteroatoms. The van der Waals surface area contributed by atoms with Gasteiger partial charge in [0.25, 0.3) is 0 Å². The van der Waals surface area contributed by atoms with E-state index in [-0.39, 0.29) is 17.9 Å². The average Bonchev–Trinajstić information content (AvgIpc) is 2.52. The number of ether oxygens (including phenoxy) is 1. The summed E-state index contributed by atoms with van der Waals surface area (Å²) in [7, 11) is 1.62. The Balaban J connectivity index is 2.90. The van der Waals surface area contributed by atoms with Crippen molar-refractivity contribution in [3.05, 3.63) is 29.8 Å². The van der Waals surface area contributed by atoms with Crippen LogP contribution in [0.3, 0.4) is 0 Å². The van der Waals surface area contributed by atoms with Gasteiger partial charge in [-0.15, -0.1) is 0 Å². The topological polar surface area (TPSA) is 58.6 Å². The SMILES string of the molecule is CCCC(=O)N(Cc1ccc(OC)cc1)C(C)C(=O)NC(C)C. The van der Waals surface area contributed by atoms with Crippen molar-refractivity contribution in [3.63, 3.8) is 0 Å². The minimum atomic E-state index is -0.501. The van der Waals surface area contributed by atoms with E-state index in [4.69, 9.17) is 4.74 Å². The third-order valence-electron chi connectivity index (χ3n) is 3.57. The fraction of sp³-hybridized carbons (Fsp3) is 0.556. The summed E-state index contributed by atoms with van der Waals surface area (Å²) in [5.74, 6) is 0.637. The third kappa shape index (κ3) is 5.93. The van der Waals surface area contributed by atoms with Crippen molar-refractivity contribution in [2.75, 3.05) is 7.11 Å². The Hall–Kier alpha value is -2.04. The van der Waals surface area contributed by atoms with E-state index in [1.807, 2.05) is 45.0 Å². The highest BCUT2D eigenvalue weighted by Crippen LogP contribution is 2.16. The molecule has 0 saturated heterocycles. The molecule has 1 aromatic carbocycles. The second-order valence-corrected chi connectivity index (χ2v) is 5.96. The van der Waals surface area contributed by atoms with Crippen LogP contribution in [0.2, 0.25) is 0 Å². The van der Waals surface area contributed by atoms with Gasteiger partial charge >= 0.3 is 0 Å². The lowest BCUT2D eigenvalue weighted by atomic mass is 10.1. The Morgan fingerprint density at radius 1 is 1.17 bits per heavy atom. The van der Waals surface area contributed by atoms with Crippen molar-refractivity contribution in [2.45, 2.75) is 59.2 Å². The maximum Gasteiger partial charge on any atom is 0.242 e. The Morgan fingerprint density at radius 3 is 2.26 bits per heavy atom. The van der Waals surface area contributed by atoms with Crippen LogP contribution in [0, 0.1) is 0 Å². The highest BCUT2D eigenvalue weighted by molar-refractivity contribution is 5.87. The molecule has 1 unspecified atom stereocenters. The molecule has 0 fully saturated rings. The fourth-order valence-electron chi connectivity index (χ4n) is 2.27. The molecular formula is C18H28N2O3. The number of benzene rings is 1. The standard InChI is InChI=1S/C18H28N2O3/c1-6-7-17(21)20(14(4)18(22)19-13(2)3)12-15-8-10-16(23-5)11-9-15/h8-11,13-14H,6-7,12H2,1-5H3,(H,19,22). The van der Waals surface area contributed by atoms with E-state index in [1.165, 1.54) is 0 Å². The van der Waals surface area contributed by atoms with Crippen molar-refractivity contribution in [3.8, 4) is 5.75 Å². The van der Waals surface area contributed by atoms with Crippen LogP contribution in [0.1, 0.15) is 46.1 Å². The van der Waals surface area contributed by atoms with Crippen molar-refractivity contribution >= 4 is 11.8 Å². The van der Waals surface area contributed by atoms with Gasteiger partial charge in [0.2, 0.25) is 11.8 Å². The van der Waals surface area contributed by atoms with Crippen molar-refractivity contribution in [1.82, 2.24) is 10.2 Å². The number of rotatable bonds is 8. The van der Waals surface area contributed by atoms with Crippen LogP contribution in [-0.4, -0.2) is 35.9 Å². The molecule has 2 amide bonds. The maximum absolute atomic E-state index is 12.4. The van der Waals surface area contributed by atoms with Gasteiger partial charge in [0.05, 0.1) is 7.11 Å². The molecule has 0 bridgehead atoms. The maximum atomic E-state index is 12.4. The van der Waals surface area contributed by atoms with Crippen molar-refractivity contribution in [1.29, 1.82) is 0 Å². The van der Waals surface area contributed by atoms with Gasteiger partial charge < -0.3 is 15.0 Å². The van der Waals surface area contributed by atoms with Crippen molar-refractivity contribution in [2.24, 2.45) is 0 Å². The predicted octanol–water partition coefficient (Wildman–Crippen LogP) is 2.74. The zero-order valence-corrected chi connectivity index (χ0v) is 14.8. The summed E-state index contributed by atoms with van der Waals surface area (Å²) < 4.78 is 5.14.